The van der Waals surface area contributed by atoms with Gasteiger partial charge in [0, 0.05) is 12.0 Å². The molecule has 0 saturated carbocycles. The van der Waals surface area contributed by atoms with Crippen LogP contribution in [0.1, 0.15) is 17.0 Å². The number of aromatic hydroxyl groups is 1. The Morgan fingerprint density at radius 1 is 0.963 bits per heavy atom. The van der Waals surface area contributed by atoms with Crippen LogP contribution in [-0.4, -0.2) is 17.8 Å². The minimum Gasteiger partial charge on any atom is -0.506 e. The van der Waals surface area contributed by atoms with Gasteiger partial charge in [-0.15, -0.1) is 0 Å². The molecule has 0 unspecified atom stereocenters. The van der Waals surface area contributed by atoms with Gasteiger partial charge in [-0.2, -0.15) is 0 Å². The Balaban J connectivity index is 1.51. The second-order valence-corrected chi connectivity index (χ2v) is 7.05. The molecule has 0 radical (unpaired) electrons. The first-order valence-corrected chi connectivity index (χ1v) is 9.10. The summed E-state index contributed by atoms with van der Waals surface area (Å²) in [5.74, 6) is -0.202. The SMILES string of the molecule is O=C(Nc1cc(O)c(Cl)cc1Cl)OCC1c2ccccc2-c2ccccc21. The number of carbonyl (C=O) groups excluding carboxylic acids is 1. The predicted molar refractivity (Wildman–Crippen MR) is 107 cm³/mol. The van der Waals surface area contributed by atoms with E-state index >= 15 is 0 Å². The summed E-state index contributed by atoms with van der Waals surface area (Å²) in [6.07, 6.45) is -0.652. The Labute approximate surface area is 166 Å². The van der Waals surface area contributed by atoms with Gasteiger partial charge < -0.3 is 9.84 Å². The minimum atomic E-state index is -0.652. The smallest absolute Gasteiger partial charge is 0.411 e. The molecular weight excluding hydrogens is 385 g/mol. The quantitative estimate of drug-likeness (QED) is 0.562. The molecule has 0 heterocycles. The van der Waals surface area contributed by atoms with Gasteiger partial charge in [-0.05, 0) is 28.3 Å². The lowest BCUT2D eigenvalue weighted by atomic mass is 9.98. The van der Waals surface area contributed by atoms with Gasteiger partial charge in [0.1, 0.15) is 12.4 Å². The maximum absolute atomic E-state index is 12.2. The van der Waals surface area contributed by atoms with E-state index in [9.17, 15) is 9.90 Å². The first kappa shape index (κ1) is 17.7. The third kappa shape index (κ3) is 3.34. The zero-order valence-electron chi connectivity index (χ0n) is 14.1. The Bertz CT molecular complexity index is 990. The van der Waals surface area contributed by atoms with Crippen molar-refractivity contribution in [3.8, 4) is 16.9 Å². The van der Waals surface area contributed by atoms with Crippen LogP contribution in [0.5, 0.6) is 5.75 Å². The molecule has 1 amide bonds. The van der Waals surface area contributed by atoms with E-state index in [2.05, 4.69) is 29.6 Å². The Hall–Kier alpha value is -2.69. The maximum atomic E-state index is 12.2. The molecule has 0 aromatic heterocycles. The zero-order valence-corrected chi connectivity index (χ0v) is 15.6. The standard InChI is InChI=1S/C21H15Cl2NO3/c22-17-9-18(23)20(25)10-19(17)24-21(26)27-11-16-14-7-3-1-5-12(14)13-6-2-4-8-15(13)16/h1-10,16,25H,11H2,(H,24,26). The van der Waals surface area contributed by atoms with E-state index in [4.69, 9.17) is 27.9 Å². The van der Waals surface area contributed by atoms with Gasteiger partial charge in [0.05, 0.1) is 15.7 Å². The molecule has 136 valence electrons. The molecule has 2 N–H and O–H groups in total. The van der Waals surface area contributed by atoms with E-state index < -0.39 is 6.09 Å². The topological polar surface area (TPSA) is 58.6 Å². The van der Waals surface area contributed by atoms with Gasteiger partial charge in [-0.25, -0.2) is 4.79 Å². The number of fused-ring (bicyclic) bond motifs is 3. The summed E-state index contributed by atoms with van der Waals surface area (Å²) < 4.78 is 5.45. The summed E-state index contributed by atoms with van der Waals surface area (Å²) in [4.78, 5) is 12.2. The van der Waals surface area contributed by atoms with Crippen LogP contribution in [0, 0.1) is 0 Å². The molecule has 0 spiro atoms. The molecule has 0 saturated heterocycles. The largest absolute Gasteiger partial charge is 0.506 e. The van der Waals surface area contributed by atoms with Crippen molar-refractivity contribution in [1.29, 1.82) is 0 Å². The molecule has 6 heteroatoms. The lowest BCUT2D eigenvalue weighted by molar-refractivity contribution is 0.158. The number of hydrogen-bond donors (Lipinski definition) is 2. The second kappa shape index (κ2) is 7.14. The van der Waals surface area contributed by atoms with Crippen molar-refractivity contribution in [2.24, 2.45) is 0 Å². The van der Waals surface area contributed by atoms with E-state index in [-0.39, 0.29) is 34.0 Å². The fourth-order valence-electron chi connectivity index (χ4n) is 3.38. The van der Waals surface area contributed by atoms with Crippen LogP contribution in [0.15, 0.2) is 60.7 Å². The third-order valence-corrected chi connectivity index (χ3v) is 5.23. The Morgan fingerprint density at radius 3 is 2.19 bits per heavy atom. The van der Waals surface area contributed by atoms with E-state index in [0.717, 1.165) is 22.3 Å². The summed E-state index contributed by atoms with van der Waals surface area (Å²) in [6.45, 7) is 0.192. The number of halogens is 2. The summed E-state index contributed by atoms with van der Waals surface area (Å²) in [5, 5.41) is 12.5. The molecule has 3 aromatic rings. The van der Waals surface area contributed by atoms with Crippen molar-refractivity contribution >= 4 is 35.0 Å². The fraction of sp³-hybridized carbons (Fsp3) is 0.0952. The van der Waals surface area contributed by atoms with Gasteiger partial charge in [0.25, 0.3) is 0 Å². The minimum absolute atomic E-state index is 0.0303. The number of hydrogen-bond acceptors (Lipinski definition) is 3. The van der Waals surface area contributed by atoms with Crippen LogP contribution < -0.4 is 5.32 Å². The number of phenols is 1. The molecule has 1 aliphatic carbocycles. The van der Waals surface area contributed by atoms with Crippen LogP contribution in [0.4, 0.5) is 10.5 Å². The molecule has 3 aromatic carbocycles. The lowest BCUT2D eigenvalue weighted by Gasteiger charge is -2.15. The number of nitrogens with one attached hydrogen (secondary N) is 1. The molecular formula is C21H15Cl2NO3. The summed E-state index contributed by atoms with van der Waals surface area (Å²) in [6, 6.07) is 18.9. The van der Waals surface area contributed by atoms with Gasteiger partial charge in [-0.3, -0.25) is 5.32 Å². The molecule has 0 bridgehead atoms. The molecule has 4 nitrogen and oxygen atoms in total. The zero-order chi connectivity index (χ0) is 19.0. The number of ether oxygens (including phenoxy) is 1. The Morgan fingerprint density at radius 2 is 1.56 bits per heavy atom. The Kier molecular flexibility index (Phi) is 4.68. The highest BCUT2D eigenvalue weighted by atomic mass is 35.5. The number of carbonyl (C=O) groups is 1. The lowest BCUT2D eigenvalue weighted by Crippen LogP contribution is -2.18. The molecule has 0 atom stereocenters. The summed E-state index contributed by atoms with van der Waals surface area (Å²) in [7, 11) is 0. The summed E-state index contributed by atoms with van der Waals surface area (Å²) >= 11 is 11.8. The van der Waals surface area contributed by atoms with E-state index in [1.54, 1.807) is 0 Å². The van der Waals surface area contributed by atoms with Crippen LogP contribution in [0.25, 0.3) is 11.1 Å². The highest BCUT2D eigenvalue weighted by Gasteiger charge is 2.29. The monoisotopic (exact) mass is 399 g/mol. The van der Waals surface area contributed by atoms with Crippen LogP contribution in [-0.2, 0) is 4.74 Å². The van der Waals surface area contributed by atoms with Crippen molar-refractivity contribution < 1.29 is 14.6 Å². The van der Waals surface area contributed by atoms with Crippen molar-refractivity contribution in [3.63, 3.8) is 0 Å². The third-order valence-electron chi connectivity index (χ3n) is 4.62. The van der Waals surface area contributed by atoms with Crippen LogP contribution >= 0.6 is 23.2 Å². The van der Waals surface area contributed by atoms with Crippen molar-refractivity contribution in [2.45, 2.75) is 5.92 Å². The number of rotatable bonds is 3. The fourth-order valence-corrected chi connectivity index (χ4v) is 3.81. The van der Waals surface area contributed by atoms with Gasteiger partial charge in [-0.1, -0.05) is 71.7 Å². The normalized spacial score (nSPS) is 12.4. The molecule has 4 rings (SSSR count). The van der Waals surface area contributed by atoms with Crippen LogP contribution in [0.2, 0.25) is 10.0 Å². The van der Waals surface area contributed by atoms with Crippen LogP contribution in [0.3, 0.4) is 0 Å². The molecule has 27 heavy (non-hydrogen) atoms. The van der Waals surface area contributed by atoms with Gasteiger partial charge in [0.15, 0.2) is 0 Å². The number of phenolic OH excluding ortho intramolecular Hbond substituents is 1. The van der Waals surface area contributed by atoms with E-state index in [0.29, 0.717) is 0 Å². The highest BCUT2D eigenvalue weighted by Crippen LogP contribution is 2.44. The maximum Gasteiger partial charge on any atom is 0.411 e. The first-order valence-electron chi connectivity index (χ1n) is 8.34. The number of benzene rings is 3. The van der Waals surface area contributed by atoms with Crippen molar-refractivity contribution in [1.82, 2.24) is 0 Å². The van der Waals surface area contributed by atoms with E-state index in [1.165, 1.54) is 12.1 Å². The first-order chi connectivity index (χ1) is 13.0. The summed E-state index contributed by atoms with van der Waals surface area (Å²) in [5.41, 5.74) is 4.82. The average Bonchev–Trinajstić information content (AvgIpc) is 2.98. The molecule has 0 fully saturated rings. The van der Waals surface area contributed by atoms with Gasteiger partial charge in [0.2, 0.25) is 0 Å². The molecule has 1 aliphatic rings. The van der Waals surface area contributed by atoms with Gasteiger partial charge >= 0.3 is 6.09 Å². The number of anilines is 1. The van der Waals surface area contributed by atoms with Crippen molar-refractivity contribution in [2.75, 3.05) is 11.9 Å². The van der Waals surface area contributed by atoms with Crippen molar-refractivity contribution in [3.05, 3.63) is 81.8 Å². The predicted octanol–water partition coefficient (Wildman–Crippen LogP) is 6.06. The highest BCUT2D eigenvalue weighted by molar-refractivity contribution is 6.37. The molecule has 0 aliphatic heterocycles. The van der Waals surface area contributed by atoms with E-state index in [1.807, 2.05) is 24.3 Å². The second-order valence-electron chi connectivity index (χ2n) is 6.23. The number of amides is 1. The average molecular weight is 400 g/mol.